The number of carbonyl (C=O) groups is 2. The summed E-state index contributed by atoms with van der Waals surface area (Å²) in [4.78, 5) is 25.5. The highest BCUT2D eigenvalue weighted by atomic mass is 16.4. The number of nitrogens with zero attached hydrogens (tertiary/aromatic N) is 1. The molecule has 1 aromatic carbocycles. The zero-order chi connectivity index (χ0) is 15.4. The van der Waals surface area contributed by atoms with Crippen molar-refractivity contribution in [3.05, 3.63) is 34.4 Å². The summed E-state index contributed by atoms with van der Waals surface area (Å²) in [6.45, 7) is 7.08. The minimum Gasteiger partial charge on any atom is -0.478 e. The largest absolute Gasteiger partial charge is 0.478 e. The molecule has 0 saturated carbocycles. The molecule has 2 N–H and O–H groups in total. The molecule has 0 aliphatic carbocycles. The topological polar surface area (TPSA) is 77.8 Å². The lowest BCUT2D eigenvalue weighted by Gasteiger charge is -2.27. The zero-order valence-corrected chi connectivity index (χ0v) is 12.3. The van der Waals surface area contributed by atoms with Gasteiger partial charge in [0.05, 0.1) is 17.7 Å². The second kappa shape index (κ2) is 6.52. The number of aliphatic hydroxyl groups is 1. The number of aromatic carboxylic acids is 1. The Labute approximate surface area is 118 Å². The van der Waals surface area contributed by atoms with Crippen molar-refractivity contribution in [3.8, 4) is 0 Å². The minimum absolute atomic E-state index is 0.0404. The standard InChI is InChI=1S/C15H21NO4/c1-9(2)16(7-8-17)14(18)12-10(3)5-6-11(4)13(12)15(19)20/h5-6,9,17H,7-8H2,1-4H3,(H,19,20). The SMILES string of the molecule is Cc1ccc(C)c(C(=O)N(CCO)C(C)C)c1C(=O)O. The van der Waals surface area contributed by atoms with Gasteiger partial charge in [-0.05, 0) is 38.8 Å². The number of benzene rings is 1. The molecule has 0 aliphatic heterocycles. The van der Waals surface area contributed by atoms with Crippen LogP contribution in [0.4, 0.5) is 0 Å². The molecule has 1 rings (SSSR count). The maximum absolute atomic E-state index is 12.6. The van der Waals surface area contributed by atoms with Gasteiger partial charge in [0.1, 0.15) is 0 Å². The monoisotopic (exact) mass is 279 g/mol. The Morgan fingerprint density at radius 3 is 2.05 bits per heavy atom. The summed E-state index contributed by atoms with van der Waals surface area (Å²) in [7, 11) is 0. The van der Waals surface area contributed by atoms with Crippen molar-refractivity contribution in [1.82, 2.24) is 4.90 Å². The second-order valence-electron chi connectivity index (χ2n) is 5.07. The van der Waals surface area contributed by atoms with Gasteiger partial charge in [-0.3, -0.25) is 4.79 Å². The lowest BCUT2D eigenvalue weighted by Crippen LogP contribution is -2.40. The van der Waals surface area contributed by atoms with E-state index in [0.29, 0.717) is 11.1 Å². The van der Waals surface area contributed by atoms with Crippen LogP contribution >= 0.6 is 0 Å². The first-order chi connectivity index (χ1) is 9.31. The molecule has 0 unspecified atom stereocenters. The lowest BCUT2D eigenvalue weighted by molar-refractivity contribution is 0.0635. The number of amides is 1. The molecule has 0 spiro atoms. The van der Waals surface area contributed by atoms with Crippen molar-refractivity contribution in [2.24, 2.45) is 0 Å². The van der Waals surface area contributed by atoms with Gasteiger partial charge in [-0.15, -0.1) is 0 Å². The van der Waals surface area contributed by atoms with E-state index in [0.717, 1.165) is 0 Å². The average molecular weight is 279 g/mol. The van der Waals surface area contributed by atoms with Crippen LogP contribution in [0.1, 0.15) is 45.7 Å². The summed E-state index contributed by atoms with van der Waals surface area (Å²) in [6.07, 6.45) is 0. The molecule has 1 amide bonds. The van der Waals surface area contributed by atoms with E-state index >= 15 is 0 Å². The van der Waals surface area contributed by atoms with Gasteiger partial charge in [-0.25, -0.2) is 4.79 Å². The molecule has 1 aromatic rings. The predicted octanol–water partition coefficient (Wildman–Crippen LogP) is 1.84. The number of carboxylic acid groups (broad SMARTS) is 1. The van der Waals surface area contributed by atoms with Crippen molar-refractivity contribution in [2.75, 3.05) is 13.2 Å². The van der Waals surface area contributed by atoms with E-state index in [1.807, 2.05) is 13.8 Å². The van der Waals surface area contributed by atoms with Crippen LogP contribution in [0.25, 0.3) is 0 Å². The first kappa shape index (κ1) is 16.2. The van der Waals surface area contributed by atoms with Crippen LogP contribution in [0.2, 0.25) is 0 Å². The highest BCUT2D eigenvalue weighted by Gasteiger charge is 2.26. The van der Waals surface area contributed by atoms with Crippen LogP contribution in [0, 0.1) is 13.8 Å². The number of hydrogen-bond acceptors (Lipinski definition) is 3. The molecule has 0 radical (unpaired) electrons. The molecular formula is C15H21NO4. The third kappa shape index (κ3) is 3.17. The van der Waals surface area contributed by atoms with Crippen molar-refractivity contribution in [3.63, 3.8) is 0 Å². The average Bonchev–Trinajstić information content (AvgIpc) is 2.36. The number of aliphatic hydroxyl groups excluding tert-OH is 1. The maximum Gasteiger partial charge on any atom is 0.336 e. The molecule has 20 heavy (non-hydrogen) atoms. The summed E-state index contributed by atoms with van der Waals surface area (Å²) in [5, 5.41) is 18.4. The first-order valence-corrected chi connectivity index (χ1v) is 6.56. The van der Waals surface area contributed by atoms with Crippen molar-refractivity contribution < 1.29 is 19.8 Å². The fourth-order valence-corrected chi connectivity index (χ4v) is 2.21. The predicted molar refractivity (Wildman–Crippen MR) is 76.1 cm³/mol. The molecule has 5 nitrogen and oxygen atoms in total. The highest BCUT2D eigenvalue weighted by molar-refractivity contribution is 6.06. The Morgan fingerprint density at radius 2 is 1.65 bits per heavy atom. The summed E-state index contributed by atoms with van der Waals surface area (Å²) in [5.41, 5.74) is 1.43. The van der Waals surface area contributed by atoms with Crippen LogP contribution < -0.4 is 0 Å². The summed E-state index contributed by atoms with van der Waals surface area (Å²) < 4.78 is 0. The smallest absolute Gasteiger partial charge is 0.336 e. The molecule has 0 fully saturated rings. The molecule has 0 atom stereocenters. The quantitative estimate of drug-likeness (QED) is 0.862. The molecule has 5 heteroatoms. The van der Waals surface area contributed by atoms with Gasteiger partial charge >= 0.3 is 5.97 Å². The van der Waals surface area contributed by atoms with Gasteiger partial charge < -0.3 is 15.1 Å². The number of carboxylic acids is 1. The Hall–Kier alpha value is -1.88. The highest BCUT2D eigenvalue weighted by Crippen LogP contribution is 2.21. The van der Waals surface area contributed by atoms with E-state index in [9.17, 15) is 14.7 Å². The molecule has 0 bridgehead atoms. The Kier molecular flexibility index (Phi) is 5.27. The van der Waals surface area contributed by atoms with Crippen LogP contribution in [-0.4, -0.2) is 46.2 Å². The summed E-state index contributed by atoms with van der Waals surface area (Å²) >= 11 is 0. The van der Waals surface area contributed by atoms with E-state index in [4.69, 9.17) is 5.11 Å². The number of aryl methyl sites for hydroxylation is 2. The second-order valence-corrected chi connectivity index (χ2v) is 5.07. The van der Waals surface area contributed by atoms with Gasteiger partial charge in [-0.2, -0.15) is 0 Å². The van der Waals surface area contributed by atoms with Gasteiger partial charge in [-0.1, -0.05) is 12.1 Å². The van der Waals surface area contributed by atoms with Crippen molar-refractivity contribution in [2.45, 2.75) is 33.7 Å². The zero-order valence-electron chi connectivity index (χ0n) is 12.3. The summed E-state index contributed by atoms with van der Waals surface area (Å²) in [5.74, 6) is -1.46. The van der Waals surface area contributed by atoms with E-state index in [1.165, 1.54) is 4.90 Å². The number of hydrogen-bond donors (Lipinski definition) is 2. The van der Waals surface area contributed by atoms with Crippen molar-refractivity contribution in [1.29, 1.82) is 0 Å². The Morgan fingerprint density at radius 1 is 1.15 bits per heavy atom. The molecule has 0 aliphatic rings. The Balaban J connectivity index is 3.41. The van der Waals surface area contributed by atoms with E-state index in [1.54, 1.807) is 26.0 Å². The van der Waals surface area contributed by atoms with E-state index in [-0.39, 0.29) is 36.2 Å². The number of carbonyl (C=O) groups excluding carboxylic acids is 1. The third-order valence-electron chi connectivity index (χ3n) is 3.27. The van der Waals surface area contributed by atoms with Gasteiger partial charge in [0.2, 0.25) is 0 Å². The van der Waals surface area contributed by atoms with Crippen LogP contribution in [0.3, 0.4) is 0 Å². The number of rotatable bonds is 5. The maximum atomic E-state index is 12.6. The fourth-order valence-electron chi connectivity index (χ4n) is 2.21. The van der Waals surface area contributed by atoms with Gasteiger partial charge in [0, 0.05) is 12.6 Å². The van der Waals surface area contributed by atoms with Crippen molar-refractivity contribution >= 4 is 11.9 Å². The van der Waals surface area contributed by atoms with Crippen LogP contribution in [0.15, 0.2) is 12.1 Å². The molecule has 0 saturated heterocycles. The summed E-state index contributed by atoms with van der Waals surface area (Å²) in [6, 6.07) is 3.32. The van der Waals surface area contributed by atoms with E-state index < -0.39 is 5.97 Å². The molecular weight excluding hydrogens is 258 g/mol. The van der Waals surface area contributed by atoms with Crippen LogP contribution in [0.5, 0.6) is 0 Å². The van der Waals surface area contributed by atoms with Crippen LogP contribution in [-0.2, 0) is 0 Å². The minimum atomic E-state index is -1.11. The molecule has 0 heterocycles. The van der Waals surface area contributed by atoms with Gasteiger partial charge in [0.15, 0.2) is 0 Å². The first-order valence-electron chi connectivity index (χ1n) is 6.56. The van der Waals surface area contributed by atoms with E-state index in [2.05, 4.69) is 0 Å². The Bertz CT molecular complexity index is 523. The van der Waals surface area contributed by atoms with Gasteiger partial charge in [0.25, 0.3) is 5.91 Å². The third-order valence-corrected chi connectivity index (χ3v) is 3.27. The lowest BCUT2D eigenvalue weighted by atomic mass is 9.96. The molecule has 0 aromatic heterocycles. The molecule has 110 valence electrons. The normalized spacial score (nSPS) is 10.7. The fraction of sp³-hybridized carbons (Fsp3) is 0.467.